The molecule has 2 rings (SSSR count). The molecule has 0 aromatic heterocycles. The number of benzene rings is 2. The van der Waals surface area contributed by atoms with Crippen LogP contribution in [0.3, 0.4) is 0 Å². The van der Waals surface area contributed by atoms with E-state index in [1.165, 1.54) is 6.07 Å². The zero-order valence-electron chi connectivity index (χ0n) is 14.1. The molecule has 0 saturated heterocycles. The molecular formula is C19H22F2N2O2. The smallest absolute Gasteiger partial charge is 0.224 e. The van der Waals surface area contributed by atoms with E-state index in [4.69, 9.17) is 5.11 Å². The summed E-state index contributed by atoms with van der Waals surface area (Å²) in [5.74, 6) is -1.86. The van der Waals surface area contributed by atoms with Gasteiger partial charge in [0.1, 0.15) is 0 Å². The average Bonchev–Trinajstić information content (AvgIpc) is 2.59. The van der Waals surface area contributed by atoms with Crippen molar-refractivity contribution in [3.63, 3.8) is 0 Å². The van der Waals surface area contributed by atoms with Crippen LogP contribution in [0.2, 0.25) is 0 Å². The summed E-state index contributed by atoms with van der Waals surface area (Å²) in [6.07, 6.45) is 1.36. The molecule has 0 spiro atoms. The molecule has 0 heterocycles. The number of rotatable bonds is 8. The first-order valence-electron chi connectivity index (χ1n) is 8.15. The van der Waals surface area contributed by atoms with Crippen LogP contribution >= 0.6 is 0 Å². The van der Waals surface area contributed by atoms with E-state index < -0.39 is 11.6 Å². The van der Waals surface area contributed by atoms with Crippen LogP contribution in [0.15, 0.2) is 42.5 Å². The summed E-state index contributed by atoms with van der Waals surface area (Å²) in [6, 6.07) is 11.1. The quantitative estimate of drug-likeness (QED) is 0.769. The fourth-order valence-corrected chi connectivity index (χ4v) is 2.45. The van der Waals surface area contributed by atoms with Crippen molar-refractivity contribution in [1.82, 2.24) is 0 Å². The predicted octanol–water partition coefficient (Wildman–Crippen LogP) is 3.35. The van der Waals surface area contributed by atoms with Gasteiger partial charge in [-0.2, -0.15) is 0 Å². The lowest BCUT2D eigenvalue weighted by molar-refractivity contribution is -0.116. The van der Waals surface area contributed by atoms with Crippen molar-refractivity contribution < 1.29 is 18.7 Å². The molecule has 0 fully saturated rings. The molecule has 134 valence electrons. The molecule has 0 saturated carbocycles. The second-order valence-corrected chi connectivity index (χ2v) is 5.84. The number of aryl methyl sites for hydroxylation is 1. The standard InChI is InChI=1S/C19H22F2N2O2/c1-23(11-12-24)16-8-6-15(7-9-16)22-19(25)4-2-3-14-5-10-17(20)18(21)13-14/h5-10,13,24H,2-4,11-12H2,1H3,(H,22,25). The van der Waals surface area contributed by atoms with Gasteiger partial charge in [-0.3, -0.25) is 4.79 Å². The minimum Gasteiger partial charge on any atom is -0.395 e. The molecular weight excluding hydrogens is 326 g/mol. The summed E-state index contributed by atoms with van der Waals surface area (Å²) in [4.78, 5) is 13.9. The predicted molar refractivity (Wildman–Crippen MR) is 94.7 cm³/mol. The summed E-state index contributed by atoms with van der Waals surface area (Å²) in [5, 5.41) is 11.7. The first-order valence-corrected chi connectivity index (χ1v) is 8.15. The molecule has 0 atom stereocenters. The largest absolute Gasteiger partial charge is 0.395 e. The second kappa shape index (κ2) is 9.13. The summed E-state index contributed by atoms with van der Waals surface area (Å²) < 4.78 is 26.0. The number of hydrogen-bond acceptors (Lipinski definition) is 3. The van der Waals surface area contributed by atoms with Gasteiger partial charge < -0.3 is 15.3 Å². The van der Waals surface area contributed by atoms with Crippen LogP contribution in [0.25, 0.3) is 0 Å². The number of halogens is 2. The molecule has 0 bridgehead atoms. The molecule has 0 unspecified atom stereocenters. The molecule has 2 aromatic carbocycles. The number of carbonyl (C=O) groups is 1. The molecule has 1 amide bonds. The summed E-state index contributed by atoms with van der Waals surface area (Å²) >= 11 is 0. The van der Waals surface area contributed by atoms with E-state index >= 15 is 0 Å². The number of carbonyl (C=O) groups excluding carboxylic acids is 1. The van der Waals surface area contributed by atoms with Crippen LogP contribution in [-0.2, 0) is 11.2 Å². The van der Waals surface area contributed by atoms with Crippen molar-refractivity contribution in [2.24, 2.45) is 0 Å². The van der Waals surface area contributed by atoms with E-state index in [1.807, 2.05) is 24.1 Å². The molecule has 0 aliphatic heterocycles. The highest BCUT2D eigenvalue weighted by Crippen LogP contribution is 2.17. The minimum absolute atomic E-state index is 0.0763. The minimum atomic E-state index is -0.867. The van der Waals surface area contributed by atoms with E-state index in [-0.39, 0.29) is 12.5 Å². The van der Waals surface area contributed by atoms with E-state index in [0.29, 0.717) is 37.1 Å². The van der Waals surface area contributed by atoms with Gasteiger partial charge in [0.05, 0.1) is 6.61 Å². The Kier molecular flexibility index (Phi) is 6.89. The summed E-state index contributed by atoms with van der Waals surface area (Å²) in [5.41, 5.74) is 2.31. The van der Waals surface area contributed by atoms with Crippen LogP contribution in [0, 0.1) is 11.6 Å². The Morgan fingerprint density at radius 1 is 1.12 bits per heavy atom. The third kappa shape index (κ3) is 5.83. The van der Waals surface area contributed by atoms with Gasteiger partial charge in [-0.1, -0.05) is 6.07 Å². The average molecular weight is 348 g/mol. The van der Waals surface area contributed by atoms with Crippen LogP contribution in [-0.4, -0.2) is 31.2 Å². The fraction of sp³-hybridized carbons (Fsp3) is 0.316. The third-order valence-corrected chi connectivity index (χ3v) is 3.88. The van der Waals surface area contributed by atoms with Crippen molar-refractivity contribution in [3.05, 3.63) is 59.7 Å². The number of nitrogens with one attached hydrogen (secondary N) is 1. The molecule has 25 heavy (non-hydrogen) atoms. The zero-order chi connectivity index (χ0) is 18.2. The Morgan fingerprint density at radius 3 is 2.48 bits per heavy atom. The van der Waals surface area contributed by atoms with E-state index in [1.54, 1.807) is 12.1 Å². The maximum atomic E-state index is 13.1. The zero-order valence-corrected chi connectivity index (χ0v) is 14.1. The van der Waals surface area contributed by atoms with Crippen LogP contribution in [0.4, 0.5) is 20.2 Å². The normalized spacial score (nSPS) is 10.6. The lowest BCUT2D eigenvalue weighted by Gasteiger charge is -2.18. The van der Waals surface area contributed by atoms with Crippen molar-refractivity contribution in [3.8, 4) is 0 Å². The Hall–Kier alpha value is -2.47. The van der Waals surface area contributed by atoms with Crippen molar-refractivity contribution >= 4 is 17.3 Å². The van der Waals surface area contributed by atoms with Gasteiger partial charge in [0.2, 0.25) is 5.91 Å². The molecule has 0 aliphatic carbocycles. The van der Waals surface area contributed by atoms with Gasteiger partial charge in [0.25, 0.3) is 0 Å². The van der Waals surface area contributed by atoms with Crippen molar-refractivity contribution in [2.45, 2.75) is 19.3 Å². The Labute approximate surface area is 146 Å². The Bertz CT molecular complexity index is 705. The SMILES string of the molecule is CN(CCO)c1ccc(NC(=O)CCCc2ccc(F)c(F)c2)cc1. The van der Waals surface area contributed by atoms with Crippen LogP contribution in [0.1, 0.15) is 18.4 Å². The number of aliphatic hydroxyl groups excluding tert-OH is 1. The third-order valence-electron chi connectivity index (χ3n) is 3.88. The molecule has 6 heteroatoms. The lowest BCUT2D eigenvalue weighted by Crippen LogP contribution is -2.21. The molecule has 2 aromatic rings. The van der Waals surface area contributed by atoms with Gasteiger partial charge >= 0.3 is 0 Å². The van der Waals surface area contributed by atoms with Crippen molar-refractivity contribution in [2.75, 3.05) is 30.4 Å². The fourth-order valence-electron chi connectivity index (χ4n) is 2.45. The summed E-state index contributed by atoms with van der Waals surface area (Å²) in [6.45, 7) is 0.614. The summed E-state index contributed by atoms with van der Waals surface area (Å²) in [7, 11) is 1.88. The Balaban J connectivity index is 1.78. The number of aliphatic hydroxyl groups is 1. The van der Waals surface area contributed by atoms with Crippen LogP contribution < -0.4 is 10.2 Å². The van der Waals surface area contributed by atoms with E-state index in [0.717, 1.165) is 17.8 Å². The van der Waals surface area contributed by atoms with E-state index in [2.05, 4.69) is 5.32 Å². The highest BCUT2D eigenvalue weighted by Gasteiger charge is 2.06. The topological polar surface area (TPSA) is 52.6 Å². The second-order valence-electron chi connectivity index (χ2n) is 5.84. The first-order chi connectivity index (χ1) is 12.0. The van der Waals surface area contributed by atoms with Gasteiger partial charge in [-0.15, -0.1) is 0 Å². The van der Waals surface area contributed by atoms with Crippen molar-refractivity contribution in [1.29, 1.82) is 0 Å². The molecule has 2 N–H and O–H groups in total. The van der Waals surface area contributed by atoms with Gasteiger partial charge in [-0.25, -0.2) is 8.78 Å². The van der Waals surface area contributed by atoms with Crippen LogP contribution in [0.5, 0.6) is 0 Å². The van der Waals surface area contributed by atoms with Gasteiger partial charge in [0, 0.05) is 31.4 Å². The molecule has 0 aliphatic rings. The number of likely N-dealkylation sites (N-methyl/N-ethyl adjacent to an activating group) is 1. The highest BCUT2D eigenvalue weighted by molar-refractivity contribution is 5.90. The maximum Gasteiger partial charge on any atom is 0.224 e. The van der Waals surface area contributed by atoms with E-state index in [9.17, 15) is 13.6 Å². The highest BCUT2D eigenvalue weighted by atomic mass is 19.2. The molecule has 4 nitrogen and oxygen atoms in total. The number of amides is 1. The van der Waals surface area contributed by atoms with Gasteiger partial charge in [-0.05, 0) is 54.8 Å². The number of hydrogen-bond donors (Lipinski definition) is 2. The Morgan fingerprint density at radius 2 is 1.84 bits per heavy atom. The maximum absolute atomic E-state index is 13.1. The number of anilines is 2. The monoisotopic (exact) mass is 348 g/mol. The molecule has 0 radical (unpaired) electrons. The number of nitrogens with zero attached hydrogens (tertiary/aromatic N) is 1. The first kappa shape index (κ1) is 18.9. The lowest BCUT2D eigenvalue weighted by atomic mass is 10.1. The van der Waals surface area contributed by atoms with Gasteiger partial charge in [0.15, 0.2) is 11.6 Å².